The number of alkyl halides is 2. The van der Waals surface area contributed by atoms with Crippen LogP contribution in [0.2, 0.25) is 0 Å². The van der Waals surface area contributed by atoms with Crippen LogP contribution in [0.1, 0.15) is 25.5 Å². The Balaban J connectivity index is 1.81. The molecule has 0 radical (unpaired) electrons. The molecule has 0 atom stereocenters. The number of halogens is 2. The number of pyridine rings is 1. The van der Waals surface area contributed by atoms with Gasteiger partial charge >= 0.3 is 0 Å². The molecule has 6 nitrogen and oxygen atoms in total. The number of nitrogens with one attached hydrogen (secondary N) is 1. The smallest absolute Gasteiger partial charge is 0.290 e. The van der Waals surface area contributed by atoms with E-state index in [1.807, 2.05) is 0 Å². The predicted molar refractivity (Wildman–Crippen MR) is 108 cm³/mol. The van der Waals surface area contributed by atoms with Gasteiger partial charge in [0.15, 0.2) is 9.84 Å². The number of aromatic amines is 1. The van der Waals surface area contributed by atoms with Crippen molar-refractivity contribution in [1.29, 1.82) is 0 Å². The fraction of sp³-hybridized carbons (Fsp3) is 0.381. The van der Waals surface area contributed by atoms with Crippen molar-refractivity contribution in [1.82, 2.24) is 4.98 Å². The van der Waals surface area contributed by atoms with Gasteiger partial charge in [-0.15, -0.1) is 0 Å². The number of H-pyrrole nitrogens is 1. The van der Waals surface area contributed by atoms with Crippen LogP contribution in [0, 0.1) is 18.0 Å². The minimum absolute atomic E-state index is 0.0578. The summed E-state index contributed by atoms with van der Waals surface area (Å²) < 4.78 is 57.8. The van der Waals surface area contributed by atoms with Crippen LogP contribution < -0.4 is 9.47 Å². The fourth-order valence-corrected chi connectivity index (χ4v) is 4.71. The summed E-state index contributed by atoms with van der Waals surface area (Å²) in [6, 6.07) is 7.95. The fourth-order valence-electron chi connectivity index (χ4n) is 3.81. The number of aryl methyl sites for hydroxylation is 1. The lowest BCUT2D eigenvalue weighted by Crippen LogP contribution is -2.38. The maximum absolute atomic E-state index is 13.1. The summed E-state index contributed by atoms with van der Waals surface area (Å²) in [5.74, 6) is -2.55. The van der Waals surface area contributed by atoms with Gasteiger partial charge < -0.3 is 9.94 Å². The zero-order chi connectivity index (χ0) is 21.7. The number of nitrogens with zero attached hydrogens (tertiary/aromatic N) is 1. The van der Waals surface area contributed by atoms with Gasteiger partial charge in [0.25, 0.3) is 5.65 Å². The van der Waals surface area contributed by atoms with E-state index >= 15 is 0 Å². The molecule has 0 aliphatic heterocycles. The summed E-state index contributed by atoms with van der Waals surface area (Å²) in [6.45, 7) is 3.33. The first-order valence-electron chi connectivity index (χ1n) is 9.69. The Labute approximate surface area is 173 Å². The molecule has 0 unspecified atom stereocenters. The number of rotatable bonds is 6. The molecule has 0 amide bonds. The van der Waals surface area contributed by atoms with Crippen molar-refractivity contribution in [3.63, 3.8) is 0 Å². The minimum atomic E-state index is -3.47. The highest BCUT2D eigenvalue weighted by atomic mass is 32.2. The number of hydrogen-bond donors (Lipinski definition) is 1. The van der Waals surface area contributed by atoms with Gasteiger partial charge in [0, 0.05) is 29.9 Å². The summed E-state index contributed by atoms with van der Waals surface area (Å²) in [5, 5.41) is 13.0. The highest BCUT2D eigenvalue weighted by Crippen LogP contribution is 2.43. The van der Waals surface area contributed by atoms with Crippen LogP contribution in [-0.2, 0) is 9.84 Å². The molecule has 160 valence electrons. The Hall–Kier alpha value is -2.68. The van der Waals surface area contributed by atoms with Gasteiger partial charge in [-0.05, 0) is 37.3 Å². The molecule has 30 heavy (non-hydrogen) atoms. The SMILES string of the molecule is CCS(=O)(=O)c1ccc(OCC2CC(F)(F)C2)c(-c2cc(C)[n+]([O-])c3[nH]ccc23)c1. The molecule has 1 fully saturated rings. The van der Waals surface area contributed by atoms with Crippen LogP contribution in [0.4, 0.5) is 8.78 Å². The van der Waals surface area contributed by atoms with E-state index in [4.69, 9.17) is 4.74 Å². The number of sulfone groups is 1. The Morgan fingerprint density at radius 3 is 2.63 bits per heavy atom. The maximum atomic E-state index is 13.1. The summed E-state index contributed by atoms with van der Waals surface area (Å²) in [7, 11) is -3.47. The summed E-state index contributed by atoms with van der Waals surface area (Å²) in [4.78, 5) is 3.04. The Bertz CT molecular complexity index is 1210. The first-order chi connectivity index (χ1) is 14.1. The lowest BCUT2D eigenvalue weighted by molar-refractivity contribution is -0.586. The molecule has 1 saturated carbocycles. The third-order valence-electron chi connectivity index (χ3n) is 5.52. The molecular formula is C21H22F2N2O4S. The van der Waals surface area contributed by atoms with E-state index in [0.717, 1.165) is 4.73 Å². The van der Waals surface area contributed by atoms with Gasteiger partial charge in [-0.25, -0.2) is 26.9 Å². The molecule has 9 heteroatoms. The molecule has 0 bridgehead atoms. The largest absolute Gasteiger partial charge is 0.710 e. The molecule has 2 heterocycles. The van der Waals surface area contributed by atoms with E-state index in [9.17, 15) is 22.4 Å². The van der Waals surface area contributed by atoms with Crippen LogP contribution in [0.25, 0.3) is 22.2 Å². The zero-order valence-corrected chi connectivity index (χ0v) is 17.4. The molecule has 1 N–H and O–H groups in total. The Morgan fingerprint density at radius 2 is 1.97 bits per heavy atom. The maximum Gasteiger partial charge on any atom is 0.290 e. The normalized spacial score (nSPS) is 16.5. The summed E-state index contributed by atoms with van der Waals surface area (Å²) >= 11 is 0. The van der Waals surface area contributed by atoms with E-state index in [1.54, 1.807) is 38.2 Å². The van der Waals surface area contributed by atoms with E-state index in [-0.39, 0.29) is 36.0 Å². The second kappa shape index (κ2) is 7.23. The third kappa shape index (κ3) is 3.62. The third-order valence-corrected chi connectivity index (χ3v) is 7.25. The number of benzene rings is 1. The molecule has 1 aromatic carbocycles. The summed E-state index contributed by atoms with van der Waals surface area (Å²) in [5.41, 5.74) is 1.91. The number of fused-ring (bicyclic) bond motifs is 1. The lowest BCUT2D eigenvalue weighted by atomic mass is 9.82. The molecule has 1 aliphatic carbocycles. The second-order valence-electron chi connectivity index (χ2n) is 7.74. The average molecular weight is 436 g/mol. The van der Waals surface area contributed by atoms with Crippen molar-refractivity contribution >= 4 is 20.9 Å². The predicted octanol–water partition coefficient (Wildman–Crippen LogP) is 3.99. The Kier molecular flexibility index (Phi) is 4.96. The van der Waals surface area contributed by atoms with E-state index in [0.29, 0.717) is 33.6 Å². The molecule has 4 rings (SSSR count). The number of aromatic nitrogens is 2. The standard InChI is InChI=1S/C21H22F2N2O4S/c1-3-30(27,28)15-4-5-19(29-12-14-10-21(22,23)11-14)18(9-15)17-8-13(2)25(26)20-16(17)6-7-24-20/h4-9,14,24H,3,10-12H2,1-2H3. The van der Waals surface area contributed by atoms with Crippen molar-refractivity contribution in [3.05, 3.63) is 47.4 Å². The molecule has 0 spiro atoms. The molecular weight excluding hydrogens is 414 g/mol. The van der Waals surface area contributed by atoms with Crippen molar-refractivity contribution in [2.75, 3.05) is 12.4 Å². The van der Waals surface area contributed by atoms with Crippen LogP contribution in [0.15, 0.2) is 41.4 Å². The lowest BCUT2D eigenvalue weighted by Gasteiger charge is -2.34. The van der Waals surface area contributed by atoms with Gasteiger partial charge in [0.2, 0.25) is 5.92 Å². The number of hydrogen-bond acceptors (Lipinski definition) is 4. The first kappa shape index (κ1) is 20.6. The highest BCUT2D eigenvalue weighted by molar-refractivity contribution is 7.91. The highest BCUT2D eigenvalue weighted by Gasteiger charge is 2.45. The van der Waals surface area contributed by atoms with Gasteiger partial charge in [0.1, 0.15) is 11.4 Å². The first-order valence-corrected chi connectivity index (χ1v) is 11.3. The van der Waals surface area contributed by atoms with E-state index in [2.05, 4.69) is 4.98 Å². The van der Waals surface area contributed by atoms with Crippen molar-refractivity contribution < 1.29 is 26.7 Å². The Morgan fingerprint density at radius 1 is 1.23 bits per heavy atom. The van der Waals surface area contributed by atoms with Crippen LogP contribution in [0.5, 0.6) is 5.75 Å². The van der Waals surface area contributed by atoms with Crippen LogP contribution in [-0.4, -0.2) is 31.7 Å². The number of ether oxygens (including phenoxy) is 1. The topological polar surface area (TPSA) is 86.1 Å². The second-order valence-corrected chi connectivity index (χ2v) is 10.0. The van der Waals surface area contributed by atoms with E-state index < -0.39 is 15.8 Å². The van der Waals surface area contributed by atoms with Crippen molar-refractivity contribution in [2.24, 2.45) is 5.92 Å². The van der Waals surface area contributed by atoms with Gasteiger partial charge in [-0.2, -0.15) is 0 Å². The molecule has 1 aliphatic rings. The van der Waals surface area contributed by atoms with Crippen molar-refractivity contribution in [2.45, 2.75) is 37.5 Å². The summed E-state index contributed by atoms with van der Waals surface area (Å²) in [6.07, 6.45) is 1.20. The van der Waals surface area contributed by atoms with Crippen LogP contribution in [0.3, 0.4) is 0 Å². The van der Waals surface area contributed by atoms with E-state index in [1.165, 1.54) is 12.1 Å². The van der Waals surface area contributed by atoms with Gasteiger partial charge in [-0.1, -0.05) is 6.92 Å². The van der Waals surface area contributed by atoms with Gasteiger partial charge in [-0.3, -0.25) is 0 Å². The average Bonchev–Trinajstić information content (AvgIpc) is 3.17. The zero-order valence-electron chi connectivity index (χ0n) is 16.6. The monoisotopic (exact) mass is 436 g/mol. The quantitative estimate of drug-likeness (QED) is 0.468. The molecule has 2 aromatic heterocycles. The molecule has 3 aromatic rings. The van der Waals surface area contributed by atoms with Crippen LogP contribution >= 0.6 is 0 Å². The van der Waals surface area contributed by atoms with Crippen molar-refractivity contribution in [3.8, 4) is 16.9 Å². The minimum Gasteiger partial charge on any atom is -0.710 e. The van der Waals surface area contributed by atoms with Gasteiger partial charge in [0.05, 0.1) is 28.8 Å². The molecule has 0 saturated heterocycles.